The van der Waals surface area contributed by atoms with Gasteiger partial charge in [0.25, 0.3) is 5.91 Å². The highest BCUT2D eigenvalue weighted by Gasteiger charge is 2.30. The number of fused-ring (bicyclic) bond motifs is 1. The maximum atomic E-state index is 14.1. The number of carboxylic acid groups (broad SMARTS) is 1. The van der Waals surface area contributed by atoms with Crippen molar-refractivity contribution in [2.24, 2.45) is 0 Å². The highest BCUT2D eigenvalue weighted by atomic mass is 35.5. The Bertz CT molecular complexity index is 1630. The van der Waals surface area contributed by atoms with E-state index in [0.717, 1.165) is 33.0 Å². The molecule has 0 aliphatic carbocycles. The summed E-state index contributed by atoms with van der Waals surface area (Å²) in [5.74, 6) is -1.38. The van der Waals surface area contributed by atoms with Crippen LogP contribution >= 0.6 is 23.2 Å². The van der Waals surface area contributed by atoms with Crippen molar-refractivity contribution in [3.8, 4) is 11.1 Å². The van der Waals surface area contributed by atoms with Crippen LogP contribution in [0.25, 0.3) is 21.9 Å². The lowest BCUT2D eigenvalue weighted by atomic mass is 9.96. The van der Waals surface area contributed by atoms with E-state index in [1.54, 1.807) is 17.0 Å². The molecule has 1 amide bonds. The Hall–Kier alpha value is -4.12. The summed E-state index contributed by atoms with van der Waals surface area (Å²) < 4.78 is 0. The molecular formula is C33H25Cl2NO3. The summed E-state index contributed by atoms with van der Waals surface area (Å²) in [4.78, 5) is 27.8. The summed E-state index contributed by atoms with van der Waals surface area (Å²) in [5, 5.41) is 12.6. The molecule has 0 spiro atoms. The summed E-state index contributed by atoms with van der Waals surface area (Å²) in [6, 6.07) is 35.4. The fourth-order valence-corrected chi connectivity index (χ4v) is 5.35. The Labute approximate surface area is 237 Å². The summed E-state index contributed by atoms with van der Waals surface area (Å²) >= 11 is 12.6. The number of carbonyl (C=O) groups is 2. The van der Waals surface area contributed by atoms with Crippen LogP contribution in [-0.2, 0) is 11.3 Å². The van der Waals surface area contributed by atoms with Gasteiger partial charge in [0.15, 0.2) is 0 Å². The van der Waals surface area contributed by atoms with E-state index in [2.05, 4.69) is 0 Å². The van der Waals surface area contributed by atoms with Gasteiger partial charge in [-0.15, -0.1) is 0 Å². The van der Waals surface area contributed by atoms with Crippen LogP contribution in [0.2, 0.25) is 10.0 Å². The van der Waals surface area contributed by atoms with E-state index in [4.69, 9.17) is 23.2 Å². The first-order valence-electron chi connectivity index (χ1n) is 12.5. The van der Waals surface area contributed by atoms with Crippen molar-refractivity contribution in [3.63, 3.8) is 0 Å². The normalized spacial score (nSPS) is 11.7. The van der Waals surface area contributed by atoms with Gasteiger partial charge in [-0.3, -0.25) is 9.59 Å². The molecule has 194 valence electrons. The number of amides is 1. The third-order valence-electron chi connectivity index (χ3n) is 6.79. The molecule has 0 aliphatic rings. The molecule has 5 aromatic rings. The van der Waals surface area contributed by atoms with E-state index in [9.17, 15) is 14.7 Å². The molecule has 5 aromatic carbocycles. The Balaban J connectivity index is 1.61. The van der Waals surface area contributed by atoms with Crippen LogP contribution in [0.15, 0.2) is 115 Å². The minimum Gasteiger partial charge on any atom is -0.481 e. The highest BCUT2D eigenvalue weighted by molar-refractivity contribution is 6.36. The van der Waals surface area contributed by atoms with Gasteiger partial charge in [-0.05, 0) is 51.2 Å². The summed E-state index contributed by atoms with van der Waals surface area (Å²) in [7, 11) is 0. The lowest BCUT2D eigenvalue weighted by Crippen LogP contribution is -2.36. The Morgan fingerprint density at radius 1 is 0.744 bits per heavy atom. The average molecular weight is 554 g/mol. The molecule has 0 aromatic heterocycles. The number of halogens is 2. The van der Waals surface area contributed by atoms with Crippen molar-refractivity contribution in [2.75, 3.05) is 0 Å². The monoisotopic (exact) mass is 553 g/mol. The summed E-state index contributed by atoms with van der Waals surface area (Å²) in [5.41, 5.74) is 3.94. The van der Waals surface area contributed by atoms with Gasteiger partial charge in [-0.25, -0.2) is 0 Å². The van der Waals surface area contributed by atoms with Gasteiger partial charge < -0.3 is 10.0 Å². The van der Waals surface area contributed by atoms with Gasteiger partial charge in [-0.1, -0.05) is 120 Å². The minimum atomic E-state index is -1.01. The maximum absolute atomic E-state index is 14.1. The third kappa shape index (κ3) is 5.98. The molecule has 1 unspecified atom stereocenters. The zero-order chi connectivity index (χ0) is 27.4. The molecule has 0 bridgehead atoms. The van der Waals surface area contributed by atoms with E-state index in [1.807, 2.05) is 97.1 Å². The van der Waals surface area contributed by atoms with E-state index >= 15 is 0 Å². The third-order valence-corrected chi connectivity index (χ3v) is 7.34. The van der Waals surface area contributed by atoms with Crippen LogP contribution in [0.5, 0.6) is 0 Å². The van der Waals surface area contributed by atoms with Gasteiger partial charge in [0, 0.05) is 11.6 Å². The molecule has 0 saturated carbocycles. The second kappa shape index (κ2) is 11.7. The van der Waals surface area contributed by atoms with E-state index in [1.165, 1.54) is 6.07 Å². The number of rotatable bonds is 8. The lowest BCUT2D eigenvalue weighted by molar-refractivity contribution is -0.138. The predicted molar refractivity (Wildman–Crippen MR) is 157 cm³/mol. The van der Waals surface area contributed by atoms with Crippen molar-refractivity contribution >= 4 is 45.9 Å². The molecule has 0 saturated heterocycles. The average Bonchev–Trinajstić information content (AvgIpc) is 2.95. The molecule has 39 heavy (non-hydrogen) atoms. The molecule has 0 fully saturated rings. The molecule has 0 heterocycles. The number of aliphatic carboxylic acids is 1. The first-order chi connectivity index (χ1) is 18.9. The van der Waals surface area contributed by atoms with Crippen LogP contribution < -0.4 is 0 Å². The van der Waals surface area contributed by atoms with Crippen LogP contribution in [0, 0.1) is 0 Å². The van der Waals surface area contributed by atoms with E-state index < -0.39 is 12.0 Å². The Kier molecular flexibility index (Phi) is 7.97. The van der Waals surface area contributed by atoms with E-state index in [-0.39, 0.29) is 29.5 Å². The smallest absolute Gasteiger partial charge is 0.305 e. The largest absolute Gasteiger partial charge is 0.481 e. The van der Waals surface area contributed by atoms with Gasteiger partial charge >= 0.3 is 5.97 Å². The van der Waals surface area contributed by atoms with Crippen LogP contribution in [-0.4, -0.2) is 21.9 Å². The van der Waals surface area contributed by atoms with Gasteiger partial charge in [-0.2, -0.15) is 0 Å². The minimum absolute atomic E-state index is 0.192. The number of nitrogens with zero attached hydrogens (tertiary/aromatic N) is 1. The fraction of sp³-hybridized carbons (Fsp3) is 0.0909. The van der Waals surface area contributed by atoms with Crippen LogP contribution in [0.3, 0.4) is 0 Å². The zero-order valence-corrected chi connectivity index (χ0v) is 22.4. The Morgan fingerprint density at radius 3 is 2.13 bits per heavy atom. The van der Waals surface area contributed by atoms with Crippen LogP contribution in [0.1, 0.15) is 33.9 Å². The summed E-state index contributed by atoms with van der Waals surface area (Å²) in [6.45, 7) is 0.192. The van der Waals surface area contributed by atoms with Crippen molar-refractivity contribution < 1.29 is 14.7 Å². The maximum Gasteiger partial charge on any atom is 0.305 e. The number of carbonyl (C=O) groups excluding carboxylic acids is 1. The SMILES string of the molecule is O=C(O)CC(c1ccc(-c2ccccc2)cc1)N(Cc1cccc2ccccc12)C(=O)c1ccc(Cl)cc1Cl. The molecule has 5 rings (SSSR count). The number of benzene rings is 5. The molecule has 0 radical (unpaired) electrons. The predicted octanol–water partition coefficient (Wildman–Crippen LogP) is 8.67. The van der Waals surface area contributed by atoms with Crippen molar-refractivity contribution in [1.82, 2.24) is 4.90 Å². The lowest BCUT2D eigenvalue weighted by Gasteiger charge is -2.32. The standard InChI is InChI=1S/C33H25Cl2NO3/c34-27-17-18-29(30(35)19-27)33(39)36(21-26-11-6-10-24-9-4-5-12-28(24)26)31(20-32(37)38)25-15-13-23(14-16-25)22-7-2-1-3-8-22/h1-19,31H,20-21H2,(H,37,38). The number of carboxylic acids is 1. The molecular weight excluding hydrogens is 529 g/mol. The highest BCUT2D eigenvalue weighted by Crippen LogP contribution is 2.33. The molecule has 1 N–H and O–H groups in total. The zero-order valence-electron chi connectivity index (χ0n) is 20.9. The molecule has 4 nitrogen and oxygen atoms in total. The quantitative estimate of drug-likeness (QED) is 0.209. The van der Waals surface area contributed by atoms with E-state index in [0.29, 0.717) is 5.02 Å². The van der Waals surface area contributed by atoms with Crippen molar-refractivity contribution in [1.29, 1.82) is 0 Å². The molecule has 6 heteroatoms. The summed E-state index contributed by atoms with van der Waals surface area (Å²) in [6.07, 6.45) is -0.271. The van der Waals surface area contributed by atoms with Crippen molar-refractivity contribution in [2.45, 2.75) is 19.0 Å². The first-order valence-corrected chi connectivity index (χ1v) is 13.3. The second-order valence-electron chi connectivity index (χ2n) is 9.30. The fourth-order valence-electron chi connectivity index (χ4n) is 4.86. The molecule has 1 atom stereocenters. The first kappa shape index (κ1) is 26.5. The van der Waals surface area contributed by atoms with Crippen molar-refractivity contribution in [3.05, 3.63) is 142 Å². The second-order valence-corrected chi connectivity index (χ2v) is 10.1. The van der Waals surface area contributed by atoms with Gasteiger partial charge in [0.05, 0.1) is 23.0 Å². The van der Waals surface area contributed by atoms with Gasteiger partial charge in [0.2, 0.25) is 0 Å². The number of hydrogen-bond acceptors (Lipinski definition) is 2. The van der Waals surface area contributed by atoms with Crippen LogP contribution in [0.4, 0.5) is 0 Å². The van der Waals surface area contributed by atoms with Gasteiger partial charge in [0.1, 0.15) is 0 Å². The topological polar surface area (TPSA) is 57.6 Å². The molecule has 0 aliphatic heterocycles. The number of hydrogen-bond donors (Lipinski definition) is 1. The Morgan fingerprint density at radius 2 is 1.41 bits per heavy atom.